The number of aromatic nitrogens is 5. The highest BCUT2D eigenvalue weighted by Gasteiger charge is 2.23. The number of para-hydroxylation sites is 1. The maximum absolute atomic E-state index is 9.66. The predicted molar refractivity (Wildman–Crippen MR) is 111 cm³/mol. The summed E-state index contributed by atoms with van der Waals surface area (Å²) in [6.07, 6.45) is 0. The first-order valence-corrected chi connectivity index (χ1v) is 9.10. The molecular weight excluding hydrogens is 387 g/mol. The zero-order valence-corrected chi connectivity index (χ0v) is 16.4. The van der Waals surface area contributed by atoms with E-state index in [1.54, 1.807) is 22.8 Å². The first-order chi connectivity index (χ1) is 14.6. The van der Waals surface area contributed by atoms with Crippen LogP contribution in [0.2, 0.25) is 0 Å². The van der Waals surface area contributed by atoms with Gasteiger partial charge in [0, 0.05) is 12.0 Å². The maximum atomic E-state index is 9.66. The minimum absolute atomic E-state index is 0.109. The van der Waals surface area contributed by atoms with Crippen LogP contribution in [0, 0.1) is 0 Å². The minimum Gasteiger partial charge on any atom is -0.468 e. The molecule has 2 aromatic heterocycles. The van der Waals surface area contributed by atoms with Crippen LogP contribution in [0.3, 0.4) is 0 Å². The smallest absolute Gasteiger partial charge is 0.468 e. The van der Waals surface area contributed by atoms with Crippen LogP contribution in [-0.2, 0) is 6.54 Å². The lowest BCUT2D eigenvalue weighted by Gasteiger charge is -2.10. The molecule has 2 heterocycles. The molecule has 30 heavy (non-hydrogen) atoms. The van der Waals surface area contributed by atoms with Crippen LogP contribution in [0.4, 0.5) is 5.95 Å². The molecule has 11 heteroatoms. The van der Waals surface area contributed by atoms with Gasteiger partial charge in [0.1, 0.15) is 0 Å². The summed E-state index contributed by atoms with van der Waals surface area (Å²) in [6.45, 7) is 0.510. The van der Waals surface area contributed by atoms with Gasteiger partial charge in [0.2, 0.25) is 11.9 Å². The van der Waals surface area contributed by atoms with Crippen molar-refractivity contribution < 1.29 is 19.5 Å². The summed E-state index contributed by atoms with van der Waals surface area (Å²) >= 11 is 0. The molecule has 0 spiro atoms. The average molecular weight is 406 g/mol. The van der Waals surface area contributed by atoms with E-state index < -0.39 is 7.12 Å². The lowest BCUT2D eigenvalue weighted by molar-refractivity contribution is 0.366. The Morgan fingerprint density at radius 1 is 0.933 bits per heavy atom. The molecular formula is C19H19BN6O4. The summed E-state index contributed by atoms with van der Waals surface area (Å²) in [7, 11) is 1.24. The van der Waals surface area contributed by atoms with Crippen LogP contribution in [-0.4, -0.2) is 55.9 Å². The number of ether oxygens (including phenoxy) is 2. The van der Waals surface area contributed by atoms with Crippen molar-refractivity contribution in [3.63, 3.8) is 0 Å². The van der Waals surface area contributed by atoms with Crippen molar-refractivity contribution in [3.05, 3.63) is 54.1 Å². The number of hydrogen-bond acceptors (Lipinski definition) is 9. The highest BCUT2D eigenvalue weighted by Crippen LogP contribution is 2.25. The molecule has 4 aromatic rings. The van der Waals surface area contributed by atoms with Crippen LogP contribution in [0.15, 0.2) is 48.5 Å². The largest absolute Gasteiger partial charge is 0.490 e. The number of nitrogens with zero attached hydrogens (tertiary/aromatic N) is 5. The molecule has 0 amide bonds. The number of methoxy groups -OCH3 is 2. The van der Waals surface area contributed by atoms with E-state index >= 15 is 0 Å². The Bertz CT molecular complexity index is 1170. The van der Waals surface area contributed by atoms with Crippen LogP contribution in [0.25, 0.3) is 17.0 Å². The second-order valence-corrected chi connectivity index (χ2v) is 6.31. The highest BCUT2D eigenvalue weighted by atomic mass is 16.5. The van der Waals surface area contributed by atoms with E-state index in [4.69, 9.17) is 9.47 Å². The molecule has 0 saturated carbocycles. The third-order valence-corrected chi connectivity index (χ3v) is 4.43. The maximum Gasteiger partial charge on any atom is 0.490 e. The molecule has 0 bridgehead atoms. The molecule has 4 rings (SSSR count). The lowest BCUT2D eigenvalue weighted by atomic mass is 9.79. The van der Waals surface area contributed by atoms with Gasteiger partial charge in [0.15, 0.2) is 0 Å². The number of nitrogens with one attached hydrogen (secondary N) is 1. The number of rotatable bonds is 7. The summed E-state index contributed by atoms with van der Waals surface area (Å²) in [5.74, 6) is 0.518. The van der Waals surface area contributed by atoms with Crippen molar-refractivity contribution in [3.8, 4) is 18.0 Å². The van der Waals surface area contributed by atoms with Crippen molar-refractivity contribution in [2.45, 2.75) is 6.54 Å². The lowest BCUT2D eigenvalue weighted by Crippen LogP contribution is -2.30. The van der Waals surface area contributed by atoms with Gasteiger partial charge >= 0.3 is 19.1 Å². The van der Waals surface area contributed by atoms with Crippen molar-refractivity contribution in [1.29, 1.82) is 0 Å². The molecule has 0 radical (unpaired) electrons. The van der Waals surface area contributed by atoms with Gasteiger partial charge in [0.25, 0.3) is 0 Å². The molecule has 0 aliphatic carbocycles. The summed E-state index contributed by atoms with van der Waals surface area (Å²) in [4.78, 5) is 17.4. The summed E-state index contributed by atoms with van der Waals surface area (Å²) in [6, 6.07) is 15.1. The summed E-state index contributed by atoms with van der Waals surface area (Å²) in [5.41, 5.74) is 2.21. The topological polar surface area (TPSA) is 127 Å². The van der Waals surface area contributed by atoms with Gasteiger partial charge < -0.3 is 24.8 Å². The predicted octanol–water partition coefficient (Wildman–Crippen LogP) is 0.520. The van der Waals surface area contributed by atoms with Gasteiger partial charge in [-0.3, -0.25) is 0 Å². The minimum atomic E-state index is -1.68. The van der Waals surface area contributed by atoms with Crippen molar-refractivity contribution in [2.75, 3.05) is 19.5 Å². The monoisotopic (exact) mass is 406 g/mol. The van der Waals surface area contributed by atoms with Crippen LogP contribution in [0.1, 0.15) is 5.56 Å². The Balaban J connectivity index is 1.80. The normalized spacial score (nSPS) is 10.8. The number of fused-ring (bicyclic) bond motifs is 1. The average Bonchev–Trinajstić information content (AvgIpc) is 3.16. The second kappa shape index (κ2) is 8.35. The Morgan fingerprint density at radius 3 is 2.43 bits per heavy atom. The molecule has 0 aliphatic rings. The molecule has 10 nitrogen and oxygen atoms in total. The Labute approximate surface area is 172 Å². The Kier molecular flexibility index (Phi) is 5.46. The molecule has 0 fully saturated rings. The standard InChI is InChI=1S/C19H19BN6O4/c1-29-18-24-16(21-11-12-7-4-3-5-8-12)23-17(25-18)26-14-10-6-9-13(20(27)28)15(14)22-19(26)30-2/h3-10,27-28H,11H2,1-2H3,(H,21,23,24,25). The van der Waals surface area contributed by atoms with E-state index in [-0.39, 0.29) is 23.4 Å². The first kappa shape index (κ1) is 19.6. The fourth-order valence-electron chi connectivity index (χ4n) is 3.03. The zero-order chi connectivity index (χ0) is 21.1. The molecule has 2 aromatic carbocycles. The second-order valence-electron chi connectivity index (χ2n) is 6.31. The van der Waals surface area contributed by atoms with E-state index in [9.17, 15) is 10.0 Å². The molecule has 3 N–H and O–H groups in total. The third-order valence-electron chi connectivity index (χ3n) is 4.43. The molecule has 0 atom stereocenters. The molecule has 0 unspecified atom stereocenters. The van der Waals surface area contributed by atoms with Crippen molar-refractivity contribution >= 4 is 29.6 Å². The van der Waals surface area contributed by atoms with E-state index in [1.165, 1.54) is 14.2 Å². The van der Waals surface area contributed by atoms with Gasteiger partial charge in [-0.1, -0.05) is 42.5 Å². The number of anilines is 1. The molecule has 0 saturated heterocycles. The first-order valence-electron chi connectivity index (χ1n) is 9.10. The summed E-state index contributed by atoms with van der Waals surface area (Å²) in [5, 5.41) is 22.5. The van der Waals surface area contributed by atoms with Gasteiger partial charge in [0.05, 0.1) is 25.3 Å². The molecule has 152 valence electrons. The van der Waals surface area contributed by atoms with E-state index in [0.29, 0.717) is 23.5 Å². The fraction of sp³-hybridized carbons (Fsp3) is 0.158. The van der Waals surface area contributed by atoms with Gasteiger partial charge in [-0.15, -0.1) is 0 Å². The Morgan fingerprint density at radius 2 is 1.73 bits per heavy atom. The van der Waals surface area contributed by atoms with E-state index in [1.807, 2.05) is 30.3 Å². The van der Waals surface area contributed by atoms with Crippen LogP contribution >= 0.6 is 0 Å². The fourth-order valence-corrected chi connectivity index (χ4v) is 3.03. The molecule has 0 aliphatic heterocycles. The van der Waals surface area contributed by atoms with Gasteiger partial charge in [-0.2, -0.15) is 19.9 Å². The Hall–Kier alpha value is -3.70. The van der Waals surface area contributed by atoms with Gasteiger partial charge in [-0.25, -0.2) is 4.57 Å². The van der Waals surface area contributed by atoms with Crippen LogP contribution in [0.5, 0.6) is 12.0 Å². The number of benzene rings is 2. The zero-order valence-electron chi connectivity index (χ0n) is 16.4. The van der Waals surface area contributed by atoms with E-state index in [2.05, 4.69) is 25.3 Å². The van der Waals surface area contributed by atoms with Crippen LogP contribution < -0.4 is 20.3 Å². The van der Waals surface area contributed by atoms with Crippen molar-refractivity contribution in [2.24, 2.45) is 0 Å². The third kappa shape index (κ3) is 3.75. The van der Waals surface area contributed by atoms with Crippen molar-refractivity contribution in [1.82, 2.24) is 24.5 Å². The number of hydrogen-bond donors (Lipinski definition) is 3. The van der Waals surface area contributed by atoms with Gasteiger partial charge in [-0.05, 0) is 11.6 Å². The summed E-state index contributed by atoms with van der Waals surface area (Å²) < 4.78 is 12.2. The number of imidazole rings is 1. The quantitative estimate of drug-likeness (QED) is 0.377. The van der Waals surface area contributed by atoms with E-state index in [0.717, 1.165) is 5.56 Å². The highest BCUT2D eigenvalue weighted by molar-refractivity contribution is 6.61. The SMILES string of the molecule is COc1nc(NCc2ccccc2)nc(-n2c(OC)nc3c(B(O)O)cccc32)n1.